The smallest absolute Gasteiger partial charge is 0.278 e. The molecule has 1 N–H and O–H groups in total. The number of aromatic amines is 1. The molecule has 102 valence electrons. The van der Waals surface area contributed by atoms with Crippen LogP contribution in [0, 0.1) is 12.7 Å². The number of rotatable bonds is 3. The van der Waals surface area contributed by atoms with Crippen LogP contribution in [0.15, 0.2) is 28.8 Å². The monoisotopic (exact) mass is 274 g/mol. The first kappa shape index (κ1) is 12.3. The van der Waals surface area contributed by atoms with Crippen molar-refractivity contribution in [2.45, 2.75) is 6.92 Å². The van der Waals surface area contributed by atoms with Crippen molar-refractivity contribution in [3.8, 4) is 28.7 Å². The molecule has 7 heteroatoms. The van der Waals surface area contributed by atoms with Gasteiger partial charge in [0, 0.05) is 11.3 Å². The minimum absolute atomic E-state index is 0.167. The molecule has 0 aliphatic carbocycles. The van der Waals surface area contributed by atoms with E-state index in [1.165, 1.54) is 19.2 Å². The molecule has 2 aromatic heterocycles. The summed E-state index contributed by atoms with van der Waals surface area (Å²) in [7, 11) is 1.41. The largest absolute Gasteiger partial charge is 0.494 e. The Kier molecular flexibility index (Phi) is 2.94. The summed E-state index contributed by atoms with van der Waals surface area (Å²) >= 11 is 0. The first-order valence-electron chi connectivity index (χ1n) is 5.87. The second-order valence-electron chi connectivity index (χ2n) is 4.21. The van der Waals surface area contributed by atoms with Crippen LogP contribution >= 0.6 is 0 Å². The van der Waals surface area contributed by atoms with E-state index in [-0.39, 0.29) is 11.6 Å². The fourth-order valence-corrected chi connectivity index (χ4v) is 1.78. The van der Waals surface area contributed by atoms with Gasteiger partial charge in [0.15, 0.2) is 17.3 Å². The molecular formula is C13H11FN4O2. The van der Waals surface area contributed by atoms with Crippen LogP contribution in [0.5, 0.6) is 5.75 Å². The van der Waals surface area contributed by atoms with E-state index in [4.69, 9.17) is 9.26 Å². The van der Waals surface area contributed by atoms with Crippen molar-refractivity contribution in [1.82, 2.24) is 20.3 Å². The average Bonchev–Trinajstić information content (AvgIpc) is 3.07. The van der Waals surface area contributed by atoms with Crippen molar-refractivity contribution in [3.05, 3.63) is 35.8 Å². The number of nitrogens with one attached hydrogen (secondary N) is 1. The number of halogens is 1. The van der Waals surface area contributed by atoms with Crippen molar-refractivity contribution in [2.24, 2.45) is 0 Å². The average molecular weight is 274 g/mol. The number of H-pyrrole nitrogens is 1. The zero-order valence-electron chi connectivity index (χ0n) is 10.8. The normalized spacial score (nSPS) is 10.8. The predicted molar refractivity (Wildman–Crippen MR) is 68.6 cm³/mol. The van der Waals surface area contributed by atoms with Gasteiger partial charge in [-0.2, -0.15) is 10.1 Å². The van der Waals surface area contributed by atoms with Crippen molar-refractivity contribution in [3.63, 3.8) is 0 Å². The number of benzene rings is 1. The first-order chi connectivity index (χ1) is 9.67. The highest BCUT2D eigenvalue weighted by Gasteiger charge is 2.14. The van der Waals surface area contributed by atoms with Gasteiger partial charge in [-0.25, -0.2) is 4.39 Å². The molecule has 3 aromatic rings. The number of nitrogens with zero attached hydrogens (tertiary/aromatic N) is 3. The van der Waals surface area contributed by atoms with E-state index in [1.54, 1.807) is 12.1 Å². The number of hydrogen-bond donors (Lipinski definition) is 1. The third kappa shape index (κ3) is 2.13. The lowest BCUT2D eigenvalue weighted by Gasteiger charge is -2.01. The summed E-state index contributed by atoms with van der Waals surface area (Å²) in [5.74, 6) is 0.259. The molecule has 0 bridgehead atoms. The van der Waals surface area contributed by atoms with E-state index >= 15 is 0 Å². The summed E-state index contributed by atoms with van der Waals surface area (Å²) in [6, 6.07) is 6.25. The molecule has 2 heterocycles. The molecule has 0 aliphatic heterocycles. The summed E-state index contributed by atoms with van der Waals surface area (Å²) in [5, 5.41) is 10.6. The molecule has 0 fully saturated rings. The topological polar surface area (TPSA) is 76.8 Å². The summed E-state index contributed by atoms with van der Waals surface area (Å²) in [6.45, 7) is 1.87. The Hall–Kier alpha value is -2.70. The minimum Gasteiger partial charge on any atom is -0.494 e. The number of aryl methyl sites for hydroxylation is 1. The Balaban J connectivity index is 1.95. The van der Waals surface area contributed by atoms with Gasteiger partial charge in [0.05, 0.1) is 7.11 Å². The van der Waals surface area contributed by atoms with Gasteiger partial charge >= 0.3 is 0 Å². The zero-order chi connectivity index (χ0) is 14.1. The fraction of sp³-hybridized carbons (Fsp3) is 0.154. The molecule has 0 radical (unpaired) electrons. The molecule has 20 heavy (non-hydrogen) atoms. The predicted octanol–water partition coefficient (Wildman–Crippen LogP) is 2.58. The second-order valence-corrected chi connectivity index (χ2v) is 4.21. The van der Waals surface area contributed by atoms with Gasteiger partial charge in [0.2, 0.25) is 5.82 Å². The SMILES string of the molecule is COc1ccc(-c2noc(-c3cc(C)[nH]n3)n2)cc1F. The molecule has 0 amide bonds. The lowest BCUT2D eigenvalue weighted by molar-refractivity contribution is 0.386. The number of ether oxygens (including phenoxy) is 1. The molecule has 0 unspecified atom stereocenters. The number of methoxy groups -OCH3 is 1. The third-order valence-electron chi connectivity index (χ3n) is 2.76. The Labute approximate surface area is 113 Å². The van der Waals surface area contributed by atoms with Gasteiger partial charge in [-0.1, -0.05) is 5.16 Å². The van der Waals surface area contributed by atoms with Crippen LogP contribution in [0.4, 0.5) is 4.39 Å². The van der Waals surface area contributed by atoms with E-state index in [0.29, 0.717) is 17.1 Å². The van der Waals surface area contributed by atoms with Crippen LogP contribution in [0.2, 0.25) is 0 Å². The van der Waals surface area contributed by atoms with Gasteiger partial charge < -0.3 is 9.26 Å². The minimum atomic E-state index is -0.480. The third-order valence-corrected chi connectivity index (χ3v) is 2.76. The molecular weight excluding hydrogens is 263 g/mol. The molecule has 1 aromatic carbocycles. The van der Waals surface area contributed by atoms with Crippen molar-refractivity contribution >= 4 is 0 Å². The van der Waals surface area contributed by atoms with Gasteiger partial charge in [0.25, 0.3) is 5.89 Å². The molecule has 3 rings (SSSR count). The highest BCUT2D eigenvalue weighted by molar-refractivity contribution is 5.59. The maximum absolute atomic E-state index is 13.6. The maximum Gasteiger partial charge on any atom is 0.278 e. The fourth-order valence-electron chi connectivity index (χ4n) is 1.78. The Morgan fingerprint density at radius 2 is 2.15 bits per heavy atom. The summed E-state index contributed by atoms with van der Waals surface area (Å²) in [4.78, 5) is 4.19. The Morgan fingerprint density at radius 3 is 2.80 bits per heavy atom. The summed E-state index contributed by atoms with van der Waals surface area (Å²) < 4.78 is 23.6. The Morgan fingerprint density at radius 1 is 1.30 bits per heavy atom. The van der Waals surface area contributed by atoms with E-state index in [0.717, 1.165) is 5.69 Å². The highest BCUT2D eigenvalue weighted by atomic mass is 19.1. The van der Waals surface area contributed by atoms with Gasteiger partial charge in [-0.3, -0.25) is 5.10 Å². The van der Waals surface area contributed by atoms with Crippen LogP contribution in [-0.4, -0.2) is 27.4 Å². The van der Waals surface area contributed by atoms with Crippen LogP contribution in [-0.2, 0) is 0 Å². The number of aromatic nitrogens is 4. The van der Waals surface area contributed by atoms with E-state index in [2.05, 4.69) is 20.3 Å². The first-order valence-corrected chi connectivity index (χ1v) is 5.87. The van der Waals surface area contributed by atoms with E-state index in [1.807, 2.05) is 6.92 Å². The maximum atomic E-state index is 13.6. The molecule has 6 nitrogen and oxygen atoms in total. The summed E-state index contributed by atoms with van der Waals surface area (Å²) in [6.07, 6.45) is 0. The summed E-state index contributed by atoms with van der Waals surface area (Å²) in [5.41, 5.74) is 1.94. The second kappa shape index (κ2) is 4.76. The zero-order valence-corrected chi connectivity index (χ0v) is 10.8. The lowest BCUT2D eigenvalue weighted by atomic mass is 10.2. The van der Waals surface area contributed by atoms with Gasteiger partial charge in [-0.15, -0.1) is 0 Å². The molecule has 0 atom stereocenters. The molecule has 0 saturated heterocycles. The van der Waals surface area contributed by atoms with Crippen LogP contribution in [0.1, 0.15) is 5.69 Å². The molecule has 0 saturated carbocycles. The van der Waals surface area contributed by atoms with E-state index in [9.17, 15) is 4.39 Å². The number of hydrogen-bond acceptors (Lipinski definition) is 5. The standard InChI is InChI=1S/C13H11FN4O2/c1-7-5-10(17-16-7)13-15-12(18-20-13)8-3-4-11(19-2)9(14)6-8/h3-6H,1-2H3,(H,16,17). The van der Waals surface area contributed by atoms with Gasteiger partial charge in [-0.05, 0) is 31.2 Å². The van der Waals surface area contributed by atoms with Crippen LogP contribution in [0.3, 0.4) is 0 Å². The Bertz CT molecular complexity index is 750. The quantitative estimate of drug-likeness (QED) is 0.794. The van der Waals surface area contributed by atoms with Crippen molar-refractivity contribution < 1.29 is 13.7 Å². The highest BCUT2D eigenvalue weighted by Crippen LogP contribution is 2.25. The molecule has 0 aliphatic rings. The molecule has 0 spiro atoms. The van der Waals surface area contributed by atoms with Crippen LogP contribution < -0.4 is 4.74 Å². The van der Waals surface area contributed by atoms with Crippen LogP contribution in [0.25, 0.3) is 23.0 Å². The lowest BCUT2D eigenvalue weighted by Crippen LogP contribution is -1.89. The van der Waals surface area contributed by atoms with Crippen molar-refractivity contribution in [2.75, 3.05) is 7.11 Å². The van der Waals surface area contributed by atoms with E-state index < -0.39 is 5.82 Å². The van der Waals surface area contributed by atoms with Crippen molar-refractivity contribution in [1.29, 1.82) is 0 Å². The van der Waals surface area contributed by atoms with Gasteiger partial charge in [0.1, 0.15) is 0 Å².